The van der Waals surface area contributed by atoms with E-state index in [4.69, 9.17) is 20.6 Å². The first-order valence-corrected chi connectivity index (χ1v) is 6.46. The lowest BCUT2D eigenvalue weighted by Gasteiger charge is -2.31. The van der Waals surface area contributed by atoms with Gasteiger partial charge in [-0.05, 0) is 26.8 Å². The van der Waals surface area contributed by atoms with E-state index in [9.17, 15) is 0 Å². The molecular formula is C13H20N4O2. The highest BCUT2D eigenvalue weighted by Gasteiger charge is 2.26. The summed E-state index contributed by atoms with van der Waals surface area (Å²) in [5, 5.41) is 7.42. The van der Waals surface area contributed by atoms with E-state index in [-0.39, 0.29) is 30.2 Å². The summed E-state index contributed by atoms with van der Waals surface area (Å²) in [7, 11) is 0. The summed E-state index contributed by atoms with van der Waals surface area (Å²) in [6, 6.07) is 1.96. The lowest BCUT2D eigenvalue weighted by Crippen LogP contribution is -2.36. The molecule has 0 amide bonds. The molecule has 0 aromatic carbocycles. The van der Waals surface area contributed by atoms with Gasteiger partial charge in [-0.15, -0.1) is 0 Å². The number of amidine groups is 1. The number of nitrogens with two attached hydrogens (primary N) is 1. The maximum absolute atomic E-state index is 7.42. The van der Waals surface area contributed by atoms with Crippen LogP contribution in [0.15, 0.2) is 6.07 Å². The molecule has 19 heavy (non-hydrogen) atoms. The average molecular weight is 264 g/mol. The van der Waals surface area contributed by atoms with Crippen LogP contribution in [0, 0.1) is 12.3 Å². The standard InChI is InChI=1S/C13H20N4O2/c1-7-4-11(12(14)15)17-13(16-7)19-10-5-8(2)18-9(3)6-10/h4,8-10H,5-6H2,1-3H3,(H3,14,15). The average Bonchev–Trinajstić information content (AvgIpc) is 2.26. The maximum Gasteiger partial charge on any atom is 0.317 e. The number of aromatic nitrogens is 2. The summed E-state index contributed by atoms with van der Waals surface area (Å²) in [6.07, 6.45) is 2.02. The fourth-order valence-corrected chi connectivity index (χ4v) is 2.32. The molecule has 2 unspecified atom stereocenters. The van der Waals surface area contributed by atoms with Crippen LogP contribution < -0.4 is 10.5 Å². The van der Waals surface area contributed by atoms with Gasteiger partial charge in [0.05, 0.1) is 12.2 Å². The van der Waals surface area contributed by atoms with Crippen LogP contribution in [0.25, 0.3) is 0 Å². The van der Waals surface area contributed by atoms with E-state index in [1.807, 2.05) is 20.8 Å². The van der Waals surface area contributed by atoms with Crippen molar-refractivity contribution in [3.8, 4) is 6.01 Å². The Balaban J connectivity index is 2.12. The van der Waals surface area contributed by atoms with Crippen LogP contribution in [0.3, 0.4) is 0 Å². The number of nitrogen functional groups attached to an aromatic ring is 1. The highest BCUT2D eigenvalue weighted by atomic mass is 16.5. The molecule has 6 heteroatoms. The van der Waals surface area contributed by atoms with E-state index in [1.54, 1.807) is 6.07 Å². The molecular weight excluding hydrogens is 244 g/mol. The second-order valence-corrected chi connectivity index (χ2v) is 5.06. The van der Waals surface area contributed by atoms with E-state index < -0.39 is 0 Å². The van der Waals surface area contributed by atoms with Crippen LogP contribution in [-0.2, 0) is 4.74 Å². The van der Waals surface area contributed by atoms with E-state index >= 15 is 0 Å². The summed E-state index contributed by atoms with van der Waals surface area (Å²) in [6.45, 7) is 5.89. The molecule has 0 aliphatic carbocycles. The number of hydrogen-bond donors (Lipinski definition) is 2. The van der Waals surface area contributed by atoms with E-state index in [0.717, 1.165) is 18.5 Å². The van der Waals surface area contributed by atoms with Crippen molar-refractivity contribution in [2.45, 2.75) is 51.9 Å². The Morgan fingerprint density at radius 3 is 2.58 bits per heavy atom. The summed E-state index contributed by atoms with van der Waals surface area (Å²) in [4.78, 5) is 8.39. The fraction of sp³-hybridized carbons (Fsp3) is 0.615. The predicted molar refractivity (Wildman–Crippen MR) is 71.4 cm³/mol. The summed E-state index contributed by atoms with van der Waals surface area (Å²) in [5.74, 6) is -0.0796. The van der Waals surface area contributed by atoms with Gasteiger partial charge >= 0.3 is 6.01 Å². The molecule has 104 valence electrons. The molecule has 6 nitrogen and oxygen atoms in total. The third-order valence-electron chi connectivity index (χ3n) is 3.04. The zero-order chi connectivity index (χ0) is 14.0. The Labute approximate surface area is 112 Å². The Kier molecular flexibility index (Phi) is 3.99. The first kappa shape index (κ1) is 13.7. The zero-order valence-corrected chi connectivity index (χ0v) is 11.5. The lowest BCUT2D eigenvalue weighted by atomic mass is 10.0. The molecule has 0 spiro atoms. The van der Waals surface area contributed by atoms with Crippen molar-refractivity contribution < 1.29 is 9.47 Å². The van der Waals surface area contributed by atoms with E-state index in [0.29, 0.717) is 5.69 Å². The monoisotopic (exact) mass is 264 g/mol. The number of hydrogen-bond acceptors (Lipinski definition) is 5. The number of nitrogens with zero attached hydrogens (tertiary/aromatic N) is 2. The van der Waals surface area contributed by atoms with Gasteiger partial charge in [-0.2, -0.15) is 4.98 Å². The first-order valence-electron chi connectivity index (χ1n) is 6.46. The van der Waals surface area contributed by atoms with Crippen molar-refractivity contribution in [2.24, 2.45) is 5.73 Å². The van der Waals surface area contributed by atoms with Gasteiger partial charge in [-0.25, -0.2) is 4.98 Å². The number of ether oxygens (including phenoxy) is 2. The van der Waals surface area contributed by atoms with Crippen molar-refractivity contribution in [3.05, 3.63) is 17.5 Å². The zero-order valence-electron chi connectivity index (χ0n) is 11.5. The lowest BCUT2D eigenvalue weighted by molar-refractivity contribution is -0.0739. The molecule has 1 fully saturated rings. The van der Waals surface area contributed by atoms with Crippen LogP contribution in [0.4, 0.5) is 0 Å². The fourth-order valence-electron chi connectivity index (χ4n) is 2.32. The third-order valence-corrected chi connectivity index (χ3v) is 3.04. The maximum atomic E-state index is 7.42. The number of rotatable bonds is 3. The van der Waals surface area contributed by atoms with Gasteiger partial charge in [-0.1, -0.05) is 0 Å². The largest absolute Gasteiger partial charge is 0.460 e. The SMILES string of the molecule is Cc1cc(C(=N)N)nc(OC2CC(C)OC(C)C2)n1. The normalized spacial score (nSPS) is 27.0. The summed E-state index contributed by atoms with van der Waals surface area (Å²) < 4.78 is 11.5. The molecule has 1 saturated heterocycles. The van der Waals surface area contributed by atoms with Crippen LogP contribution >= 0.6 is 0 Å². The van der Waals surface area contributed by atoms with Gasteiger partial charge < -0.3 is 15.2 Å². The Bertz CT molecular complexity index is 468. The minimum atomic E-state index is -0.0796. The highest BCUT2D eigenvalue weighted by molar-refractivity contribution is 5.93. The molecule has 2 heterocycles. The molecule has 1 aromatic heterocycles. The quantitative estimate of drug-likeness (QED) is 0.635. The number of nitrogens with one attached hydrogen (secondary N) is 1. The van der Waals surface area contributed by atoms with Crippen molar-refractivity contribution in [1.29, 1.82) is 5.41 Å². The van der Waals surface area contributed by atoms with Crippen LogP contribution in [0.5, 0.6) is 6.01 Å². The van der Waals surface area contributed by atoms with Crippen LogP contribution in [0.2, 0.25) is 0 Å². The number of aryl methyl sites for hydroxylation is 1. The molecule has 0 bridgehead atoms. The van der Waals surface area contributed by atoms with Gasteiger partial charge in [0.1, 0.15) is 17.6 Å². The molecule has 1 aliphatic heterocycles. The Hall–Kier alpha value is -1.69. The van der Waals surface area contributed by atoms with Gasteiger partial charge in [0, 0.05) is 18.5 Å². The third kappa shape index (κ3) is 3.64. The summed E-state index contributed by atoms with van der Waals surface area (Å²) in [5.41, 5.74) is 6.58. The Morgan fingerprint density at radius 1 is 1.37 bits per heavy atom. The predicted octanol–water partition coefficient (Wildman–Crippen LogP) is 1.40. The van der Waals surface area contributed by atoms with E-state index in [2.05, 4.69) is 9.97 Å². The molecule has 2 atom stereocenters. The second kappa shape index (κ2) is 5.52. The molecule has 1 aliphatic rings. The molecule has 3 N–H and O–H groups in total. The van der Waals surface area contributed by atoms with Crippen molar-refractivity contribution in [3.63, 3.8) is 0 Å². The van der Waals surface area contributed by atoms with Crippen LogP contribution in [0.1, 0.15) is 38.1 Å². The smallest absolute Gasteiger partial charge is 0.317 e. The molecule has 0 radical (unpaired) electrons. The van der Waals surface area contributed by atoms with Gasteiger partial charge in [0.25, 0.3) is 0 Å². The van der Waals surface area contributed by atoms with Crippen molar-refractivity contribution >= 4 is 5.84 Å². The topological polar surface area (TPSA) is 94.1 Å². The van der Waals surface area contributed by atoms with E-state index in [1.165, 1.54) is 0 Å². The van der Waals surface area contributed by atoms with Crippen molar-refractivity contribution in [1.82, 2.24) is 9.97 Å². The second-order valence-electron chi connectivity index (χ2n) is 5.06. The molecule has 1 aromatic rings. The van der Waals surface area contributed by atoms with Crippen LogP contribution in [-0.4, -0.2) is 34.1 Å². The van der Waals surface area contributed by atoms with Gasteiger partial charge in [0.2, 0.25) is 0 Å². The first-order chi connectivity index (χ1) is 8.94. The molecule has 2 rings (SSSR count). The van der Waals surface area contributed by atoms with Gasteiger partial charge in [0.15, 0.2) is 0 Å². The summed E-state index contributed by atoms with van der Waals surface area (Å²) >= 11 is 0. The van der Waals surface area contributed by atoms with Gasteiger partial charge in [-0.3, -0.25) is 5.41 Å². The molecule has 0 saturated carbocycles. The minimum absolute atomic E-state index is 0.0420. The Morgan fingerprint density at radius 2 is 2.00 bits per heavy atom. The highest BCUT2D eigenvalue weighted by Crippen LogP contribution is 2.22. The van der Waals surface area contributed by atoms with Crippen molar-refractivity contribution in [2.75, 3.05) is 0 Å². The minimum Gasteiger partial charge on any atom is -0.460 e.